The molecule has 2 heterocycles. The maximum atomic E-state index is 12.5. The number of nitrogens with one attached hydrogen (secondary N) is 1. The Labute approximate surface area is 190 Å². The molecule has 1 aliphatic rings. The third kappa shape index (κ3) is 4.22. The van der Waals surface area contributed by atoms with Crippen molar-refractivity contribution in [2.24, 2.45) is 17.8 Å². The lowest BCUT2D eigenvalue weighted by atomic mass is 9.75. The number of aryl methyl sites for hydroxylation is 1. The molecular formula is C25H32N2O4S. The van der Waals surface area contributed by atoms with Crippen molar-refractivity contribution in [3.63, 3.8) is 0 Å². The smallest absolute Gasteiger partial charge is 0.290 e. The van der Waals surface area contributed by atoms with Crippen molar-refractivity contribution in [1.82, 2.24) is 4.98 Å². The summed E-state index contributed by atoms with van der Waals surface area (Å²) in [6.07, 6.45) is 6.30. The highest BCUT2D eigenvalue weighted by Crippen LogP contribution is 2.41. The number of benzene rings is 1. The largest absolute Gasteiger partial charge is 0.710 e. The summed E-state index contributed by atoms with van der Waals surface area (Å²) < 4.78 is 32.2. The van der Waals surface area contributed by atoms with Crippen molar-refractivity contribution in [3.8, 4) is 16.9 Å². The summed E-state index contributed by atoms with van der Waals surface area (Å²) in [6.45, 7) is 8.48. The zero-order valence-corrected chi connectivity index (χ0v) is 20.2. The molecule has 3 atom stereocenters. The maximum Gasteiger partial charge on any atom is 0.290 e. The van der Waals surface area contributed by atoms with Crippen molar-refractivity contribution >= 4 is 20.9 Å². The molecule has 172 valence electrons. The highest BCUT2D eigenvalue weighted by atomic mass is 32.2. The molecule has 0 aliphatic heterocycles. The molecule has 1 N–H and O–H groups in total. The Morgan fingerprint density at radius 1 is 1.16 bits per heavy atom. The molecule has 6 nitrogen and oxygen atoms in total. The number of sulfone groups is 1. The van der Waals surface area contributed by atoms with Crippen LogP contribution in [0.3, 0.4) is 0 Å². The maximum absolute atomic E-state index is 12.5. The average Bonchev–Trinajstić information content (AvgIpc) is 3.20. The van der Waals surface area contributed by atoms with Gasteiger partial charge in [0.05, 0.1) is 16.5 Å². The van der Waals surface area contributed by atoms with Crippen LogP contribution < -0.4 is 9.47 Å². The minimum atomic E-state index is -3.40. The van der Waals surface area contributed by atoms with Crippen LogP contribution >= 0.6 is 0 Å². The van der Waals surface area contributed by atoms with Crippen LogP contribution in [0.25, 0.3) is 22.2 Å². The number of nitrogens with zero attached hydrogens (tertiary/aromatic N) is 1. The Morgan fingerprint density at radius 2 is 1.91 bits per heavy atom. The van der Waals surface area contributed by atoms with E-state index in [-0.39, 0.29) is 11.0 Å². The topological polar surface area (TPSA) is 86.1 Å². The number of hydrogen-bond donors (Lipinski definition) is 1. The fraction of sp³-hybridized carbons (Fsp3) is 0.480. The van der Waals surface area contributed by atoms with Gasteiger partial charge in [0, 0.05) is 17.4 Å². The summed E-state index contributed by atoms with van der Waals surface area (Å²) in [5, 5.41) is 13.2. The average molecular weight is 457 g/mol. The molecule has 1 saturated carbocycles. The number of hydrogen-bond acceptors (Lipinski definition) is 4. The molecule has 1 aliphatic carbocycles. The van der Waals surface area contributed by atoms with E-state index < -0.39 is 9.84 Å². The van der Waals surface area contributed by atoms with Crippen LogP contribution in [0.2, 0.25) is 0 Å². The molecule has 32 heavy (non-hydrogen) atoms. The molecule has 0 spiro atoms. The zero-order chi connectivity index (χ0) is 23.2. The second-order valence-corrected chi connectivity index (χ2v) is 11.7. The van der Waals surface area contributed by atoms with E-state index in [1.165, 1.54) is 12.7 Å². The molecule has 7 heteroatoms. The highest BCUT2D eigenvalue weighted by molar-refractivity contribution is 7.90. The van der Waals surface area contributed by atoms with Crippen LogP contribution in [0.1, 0.15) is 45.7 Å². The van der Waals surface area contributed by atoms with E-state index in [9.17, 15) is 13.6 Å². The second-order valence-electron chi connectivity index (χ2n) is 9.65. The first-order chi connectivity index (χ1) is 15.1. The quantitative estimate of drug-likeness (QED) is 0.431. The Kier molecular flexibility index (Phi) is 5.96. The summed E-state index contributed by atoms with van der Waals surface area (Å²) in [5.41, 5.74) is 2.46. The first kappa shape index (κ1) is 22.6. The van der Waals surface area contributed by atoms with Gasteiger partial charge in [0.2, 0.25) is 0 Å². The van der Waals surface area contributed by atoms with Crippen LogP contribution in [0.15, 0.2) is 41.4 Å². The van der Waals surface area contributed by atoms with Crippen molar-refractivity contribution in [1.29, 1.82) is 0 Å². The Hall–Kier alpha value is -2.54. The van der Waals surface area contributed by atoms with Crippen LogP contribution in [0, 0.1) is 29.9 Å². The zero-order valence-electron chi connectivity index (χ0n) is 19.4. The van der Waals surface area contributed by atoms with Gasteiger partial charge in [0.1, 0.15) is 17.5 Å². The lowest BCUT2D eigenvalue weighted by Crippen LogP contribution is -2.36. The van der Waals surface area contributed by atoms with Crippen LogP contribution in [-0.2, 0) is 9.84 Å². The van der Waals surface area contributed by atoms with Crippen LogP contribution in [-0.4, -0.2) is 25.8 Å². The van der Waals surface area contributed by atoms with E-state index in [0.717, 1.165) is 28.5 Å². The predicted octanol–water partition coefficient (Wildman–Crippen LogP) is 5.02. The molecule has 0 saturated heterocycles. The van der Waals surface area contributed by atoms with Gasteiger partial charge >= 0.3 is 0 Å². The normalized spacial score (nSPS) is 21.9. The molecule has 1 fully saturated rings. The third-order valence-electron chi connectivity index (χ3n) is 6.80. The van der Waals surface area contributed by atoms with Gasteiger partial charge < -0.3 is 9.94 Å². The summed E-state index contributed by atoms with van der Waals surface area (Å²) in [6, 6.07) is 8.71. The van der Waals surface area contributed by atoms with E-state index in [4.69, 9.17) is 4.74 Å². The van der Waals surface area contributed by atoms with Gasteiger partial charge in [0.25, 0.3) is 5.65 Å². The molecule has 3 aromatic rings. The van der Waals surface area contributed by atoms with Crippen molar-refractivity contribution in [2.75, 3.05) is 6.26 Å². The van der Waals surface area contributed by atoms with E-state index in [0.29, 0.717) is 40.4 Å². The number of H-pyrrole nitrogens is 1. The summed E-state index contributed by atoms with van der Waals surface area (Å²) >= 11 is 0. The highest BCUT2D eigenvalue weighted by Gasteiger charge is 2.33. The number of fused-ring (bicyclic) bond motifs is 1. The van der Waals surface area contributed by atoms with Gasteiger partial charge in [0.15, 0.2) is 9.84 Å². The molecular weight excluding hydrogens is 424 g/mol. The molecule has 0 unspecified atom stereocenters. The van der Waals surface area contributed by atoms with Gasteiger partial charge in [-0.1, -0.05) is 27.2 Å². The standard InChI is InChI=1S/C25H32N2O4S/c1-15(2)19-8-6-16(3)12-24(19)31-23-9-7-18(32(5,29)30)14-22(23)21-13-17(4)27(28)25-20(21)10-11-26-25/h7,9-11,13-16,19,24,26H,6,8,12H2,1-5H3/t16-,19+,24-/m0/s1. The third-order valence-corrected chi connectivity index (χ3v) is 7.91. The van der Waals surface area contributed by atoms with Gasteiger partial charge in [-0.3, -0.25) is 0 Å². The van der Waals surface area contributed by atoms with Gasteiger partial charge in [-0.05, 0) is 67.9 Å². The Morgan fingerprint density at radius 3 is 2.59 bits per heavy atom. The second kappa shape index (κ2) is 8.43. The number of aromatic nitrogens is 2. The minimum absolute atomic E-state index is 0.0672. The van der Waals surface area contributed by atoms with Gasteiger partial charge in [-0.2, -0.15) is 0 Å². The Bertz CT molecular complexity index is 1250. The van der Waals surface area contributed by atoms with E-state index in [1.807, 2.05) is 6.07 Å². The number of ether oxygens (including phenoxy) is 1. The minimum Gasteiger partial charge on any atom is -0.710 e. The SMILES string of the molecule is Cc1cc(-c2cc(S(C)(=O)=O)ccc2O[C@H]2C[C@@H](C)CC[C@@H]2C(C)C)c2cc[nH]c2[n+]1[O-]. The van der Waals surface area contributed by atoms with Gasteiger partial charge in [-0.15, -0.1) is 0 Å². The lowest BCUT2D eigenvalue weighted by molar-refractivity contribution is -0.586. The van der Waals surface area contributed by atoms with Crippen molar-refractivity contribution in [2.45, 2.75) is 58.0 Å². The number of pyridine rings is 1. The number of aromatic amines is 1. The summed E-state index contributed by atoms with van der Waals surface area (Å²) in [7, 11) is -3.40. The van der Waals surface area contributed by atoms with Gasteiger partial charge in [-0.25, -0.2) is 18.1 Å². The fourth-order valence-corrected chi connectivity index (χ4v) is 5.60. The fourth-order valence-electron chi connectivity index (χ4n) is 4.96. The first-order valence-electron chi connectivity index (χ1n) is 11.3. The van der Waals surface area contributed by atoms with Crippen LogP contribution in [0.4, 0.5) is 0 Å². The molecule has 0 radical (unpaired) electrons. The summed E-state index contributed by atoms with van der Waals surface area (Å²) in [4.78, 5) is 3.24. The predicted molar refractivity (Wildman–Crippen MR) is 126 cm³/mol. The van der Waals surface area contributed by atoms with E-state index >= 15 is 0 Å². The van der Waals surface area contributed by atoms with E-state index in [1.54, 1.807) is 37.4 Å². The first-order valence-corrected chi connectivity index (χ1v) is 13.2. The molecule has 4 rings (SSSR count). The van der Waals surface area contributed by atoms with Crippen molar-refractivity contribution in [3.05, 3.63) is 47.4 Å². The Balaban J connectivity index is 1.88. The molecule has 2 aromatic heterocycles. The molecule has 1 aromatic carbocycles. The molecule has 0 amide bonds. The lowest BCUT2D eigenvalue weighted by Gasteiger charge is -2.37. The number of rotatable bonds is 5. The van der Waals surface area contributed by atoms with Crippen molar-refractivity contribution < 1.29 is 17.9 Å². The molecule has 0 bridgehead atoms. The van der Waals surface area contributed by atoms with Crippen LogP contribution in [0.5, 0.6) is 5.75 Å². The van der Waals surface area contributed by atoms with E-state index in [2.05, 4.69) is 25.8 Å². The summed E-state index contributed by atoms with van der Waals surface area (Å²) in [5.74, 6) is 2.19. The monoisotopic (exact) mass is 456 g/mol.